The van der Waals surface area contributed by atoms with Gasteiger partial charge in [-0.25, -0.2) is 4.79 Å². The molecule has 0 radical (unpaired) electrons. The van der Waals surface area contributed by atoms with E-state index in [-0.39, 0.29) is 6.03 Å². The van der Waals surface area contributed by atoms with E-state index in [9.17, 15) is 4.79 Å². The fourth-order valence-corrected chi connectivity index (χ4v) is 2.85. The Balaban J connectivity index is 1.91. The summed E-state index contributed by atoms with van der Waals surface area (Å²) in [6.07, 6.45) is 3.67. The number of hydrogen-bond acceptors (Lipinski definition) is 2. The summed E-state index contributed by atoms with van der Waals surface area (Å²) in [7, 11) is 0. The van der Waals surface area contributed by atoms with Gasteiger partial charge in [-0.2, -0.15) is 0 Å². The molecule has 4 heteroatoms. The van der Waals surface area contributed by atoms with Crippen LogP contribution in [0, 0.1) is 0 Å². The molecule has 4 nitrogen and oxygen atoms in total. The van der Waals surface area contributed by atoms with Crippen LogP contribution in [0.5, 0.6) is 0 Å². The van der Waals surface area contributed by atoms with Crippen molar-refractivity contribution in [1.29, 1.82) is 0 Å². The Bertz CT molecular complexity index is 440. The van der Waals surface area contributed by atoms with Gasteiger partial charge < -0.3 is 10.6 Å². The highest BCUT2D eigenvalue weighted by molar-refractivity contribution is 5.94. The third-order valence-corrected chi connectivity index (χ3v) is 3.77. The van der Waals surface area contributed by atoms with E-state index in [2.05, 4.69) is 28.8 Å². The van der Waals surface area contributed by atoms with Crippen molar-refractivity contribution in [2.75, 3.05) is 24.5 Å². The van der Waals surface area contributed by atoms with Crippen LogP contribution in [0.25, 0.3) is 0 Å². The summed E-state index contributed by atoms with van der Waals surface area (Å²) >= 11 is 0. The number of carbonyl (C=O) groups is 1. The molecule has 2 fully saturated rings. The van der Waals surface area contributed by atoms with Crippen molar-refractivity contribution in [3.05, 3.63) is 29.8 Å². The lowest BCUT2D eigenvalue weighted by atomic mass is 9.96. The zero-order valence-corrected chi connectivity index (χ0v) is 10.5. The highest BCUT2D eigenvalue weighted by Crippen LogP contribution is 2.31. The van der Waals surface area contributed by atoms with Gasteiger partial charge in [-0.1, -0.05) is 24.6 Å². The van der Waals surface area contributed by atoms with Crippen molar-refractivity contribution in [3.8, 4) is 0 Å². The van der Waals surface area contributed by atoms with Gasteiger partial charge in [0.25, 0.3) is 0 Å². The van der Waals surface area contributed by atoms with E-state index >= 15 is 0 Å². The van der Waals surface area contributed by atoms with Crippen LogP contribution in [0.15, 0.2) is 24.3 Å². The quantitative estimate of drug-likeness (QED) is 0.837. The molecule has 2 aliphatic rings. The van der Waals surface area contributed by atoms with Gasteiger partial charge in [-0.15, -0.1) is 0 Å². The van der Waals surface area contributed by atoms with E-state index in [1.807, 2.05) is 11.0 Å². The Morgan fingerprint density at radius 2 is 2.06 bits per heavy atom. The lowest BCUT2D eigenvalue weighted by Gasteiger charge is -2.28. The van der Waals surface area contributed by atoms with E-state index < -0.39 is 0 Å². The number of carbonyl (C=O) groups excluding carboxylic acids is 1. The molecular weight excluding hydrogens is 226 g/mol. The normalized spacial score (nSPS) is 24.1. The number of piperidine rings is 1. The minimum atomic E-state index is 0.0262. The van der Waals surface area contributed by atoms with Crippen molar-refractivity contribution in [2.24, 2.45) is 0 Å². The number of urea groups is 1. The first kappa shape index (κ1) is 11.5. The second-order valence-electron chi connectivity index (χ2n) is 4.94. The van der Waals surface area contributed by atoms with Crippen LogP contribution in [0.3, 0.4) is 0 Å². The summed E-state index contributed by atoms with van der Waals surface area (Å²) in [5.41, 5.74) is 2.32. The molecule has 0 spiro atoms. The van der Waals surface area contributed by atoms with Crippen LogP contribution in [-0.2, 0) is 0 Å². The Hall–Kier alpha value is -1.55. The molecule has 2 saturated heterocycles. The monoisotopic (exact) mass is 245 g/mol. The predicted molar refractivity (Wildman–Crippen MR) is 71.8 cm³/mol. The molecule has 1 aromatic carbocycles. The highest BCUT2D eigenvalue weighted by atomic mass is 16.2. The van der Waals surface area contributed by atoms with Crippen LogP contribution < -0.4 is 15.5 Å². The minimum absolute atomic E-state index is 0.0262. The average Bonchev–Trinajstić information content (AvgIpc) is 2.86. The third-order valence-electron chi connectivity index (χ3n) is 3.77. The summed E-state index contributed by atoms with van der Waals surface area (Å²) in [5, 5.41) is 6.42. The molecule has 2 heterocycles. The molecule has 0 aromatic heterocycles. The number of nitrogens with one attached hydrogen (secondary N) is 2. The number of para-hydroxylation sites is 1. The molecule has 96 valence electrons. The van der Waals surface area contributed by atoms with Crippen molar-refractivity contribution in [1.82, 2.24) is 10.6 Å². The Morgan fingerprint density at radius 3 is 2.78 bits per heavy atom. The molecule has 18 heavy (non-hydrogen) atoms. The zero-order chi connectivity index (χ0) is 12.4. The molecule has 1 unspecified atom stereocenters. The van der Waals surface area contributed by atoms with Crippen LogP contribution in [-0.4, -0.2) is 25.7 Å². The van der Waals surface area contributed by atoms with Gasteiger partial charge in [0.1, 0.15) is 0 Å². The Morgan fingerprint density at radius 1 is 1.17 bits per heavy atom. The first-order chi connectivity index (χ1) is 8.86. The van der Waals surface area contributed by atoms with E-state index in [4.69, 9.17) is 0 Å². The average molecular weight is 245 g/mol. The first-order valence-electron chi connectivity index (χ1n) is 6.74. The number of nitrogens with zero attached hydrogens (tertiary/aromatic N) is 1. The van der Waals surface area contributed by atoms with E-state index in [0.717, 1.165) is 31.7 Å². The summed E-state index contributed by atoms with van der Waals surface area (Å²) < 4.78 is 0. The van der Waals surface area contributed by atoms with Gasteiger partial charge in [0.2, 0.25) is 0 Å². The third kappa shape index (κ3) is 2.08. The van der Waals surface area contributed by atoms with Gasteiger partial charge in [0.15, 0.2) is 0 Å². The first-order valence-corrected chi connectivity index (χ1v) is 6.74. The maximum absolute atomic E-state index is 11.8. The van der Waals surface area contributed by atoms with Crippen LogP contribution in [0.4, 0.5) is 10.5 Å². The smallest absolute Gasteiger partial charge is 0.322 e. The minimum Gasteiger partial charge on any atom is -0.336 e. The van der Waals surface area contributed by atoms with Crippen LogP contribution in [0.2, 0.25) is 0 Å². The van der Waals surface area contributed by atoms with Gasteiger partial charge in [-0.05, 0) is 31.0 Å². The largest absolute Gasteiger partial charge is 0.336 e. The second kappa shape index (κ2) is 4.98. The molecule has 0 aliphatic carbocycles. The maximum Gasteiger partial charge on any atom is 0.322 e. The van der Waals surface area contributed by atoms with Crippen LogP contribution in [0.1, 0.15) is 30.9 Å². The van der Waals surface area contributed by atoms with Gasteiger partial charge >= 0.3 is 6.03 Å². The number of rotatable bonds is 2. The molecule has 0 bridgehead atoms. The molecule has 2 N–H and O–H groups in total. The molecule has 2 aliphatic heterocycles. The van der Waals surface area contributed by atoms with Crippen LogP contribution >= 0.6 is 0 Å². The molecule has 2 amide bonds. The van der Waals surface area contributed by atoms with Crippen molar-refractivity contribution in [2.45, 2.75) is 25.3 Å². The summed E-state index contributed by atoms with van der Waals surface area (Å²) in [6.45, 7) is 2.58. The Kier molecular flexibility index (Phi) is 3.19. The fraction of sp³-hybridized carbons (Fsp3) is 0.500. The molecule has 3 rings (SSSR count). The van der Waals surface area contributed by atoms with Crippen molar-refractivity contribution in [3.63, 3.8) is 0 Å². The summed E-state index contributed by atoms with van der Waals surface area (Å²) in [5.74, 6) is 0. The number of amides is 2. The zero-order valence-electron chi connectivity index (χ0n) is 10.5. The van der Waals surface area contributed by atoms with Gasteiger partial charge in [0, 0.05) is 19.1 Å². The number of benzene rings is 1. The van der Waals surface area contributed by atoms with Crippen molar-refractivity contribution >= 4 is 11.7 Å². The topological polar surface area (TPSA) is 44.4 Å². The highest BCUT2D eigenvalue weighted by Gasteiger charge is 2.26. The standard InChI is InChI=1S/C14H19N3O/c18-14-16-9-10-17(14)13-7-2-1-5-11(13)12-6-3-4-8-15-12/h1-2,5,7,12,15H,3-4,6,8-10H2,(H,16,18). The Labute approximate surface area is 107 Å². The SMILES string of the molecule is O=C1NCCN1c1ccccc1C1CCCCN1. The predicted octanol–water partition coefficient (Wildman–Crippen LogP) is 2.03. The summed E-state index contributed by atoms with van der Waals surface area (Å²) in [4.78, 5) is 13.7. The molecule has 1 aromatic rings. The van der Waals surface area contributed by atoms with E-state index in [1.165, 1.54) is 18.4 Å². The summed E-state index contributed by atoms with van der Waals surface area (Å²) in [6, 6.07) is 8.68. The number of anilines is 1. The van der Waals surface area contributed by atoms with Gasteiger partial charge in [-0.3, -0.25) is 4.90 Å². The fourth-order valence-electron chi connectivity index (χ4n) is 2.85. The lowest BCUT2D eigenvalue weighted by Crippen LogP contribution is -2.32. The lowest BCUT2D eigenvalue weighted by molar-refractivity contribution is 0.252. The molecule has 0 saturated carbocycles. The number of hydrogen-bond donors (Lipinski definition) is 2. The maximum atomic E-state index is 11.8. The van der Waals surface area contributed by atoms with Gasteiger partial charge in [0.05, 0.1) is 5.69 Å². The van der Waals surface area contributed by atoms with Crippen molar-refractivity contribution < 1.29 is 4.79 Å². The van der Waals surface area contributed by atoms with E-state index in [0.29, 0.717) is 6.04 Å². The van der Waals surface area contributed by atoms with E-state index in [1.54, 1.807) is 0 Å². The molecular formula is C14H19N3O. The molecule has 1 atom stereocenters. The second-order valence-corrected chi connectivity index (χ2v) is 4.94.